The molecule has 2 heterocycles. The van der Waals surface area contributed by atoms with Crippen LogP contribution in [0.3, 0.4) is 0 Å². The van der Waals surface area contributed by atoms with Crippen LogP contribution in [-0.4, -0.2) is 72.9 Å². The largest absolute Gasteiger partial charge is 0.481 e. The van der Waals surface area contributed by atoms with E-state index in [1.807, 2.05) is 0 Å². The van der Waals surface area contributed by atoms with E-state index >= 15 is 0 Å². The summed E-state index contributed by atoms with van der Waals surface area (Å²) in [6.45, 7) is 6.87. The highest BCUT2D eigenvalue weighted by Gasteiger charge is 2.21. The van der Waals surface area contributed by atoms with Gasteiger partial charge in [0.05, 0.1) is 19.1 Å². The molecule has 0 radical (unpaired) electrons. The molecule has 2 rings (SSSR count). The molecular weight excluding hydrogens is 256 g/mol. The van der Waals surface area contributed by atoms with Gasteiger partial charge in [-0.1, -0.05) is 6.42 Å². The molecular formula is C15H28N2O3. The number of rotatable bonds is 7. The van der Waals surface area contributed by atoms with Crippen LogP contribution in [0.5, 0.6) is 0 Å². The van der Waals surface area contributed by atoms with E-state index < -0.39 is 5.97 Å². The third-order valence-electron chi connectivity index (χ3n) is 4.31. The molecule has 0 spiro atoms. The van der Waals surface area contributed by atoms with Crippen molar-refractivity contribution in [2.75, 3.05) is 45.9 Å². The molecule has 1 N–H and O–H groups in total. The van der Waals surface area contributed by atoms with Crippen LogP contribution in [0.4, 0.5) is 0 Å². The Morgan fingerprint density at radius 1 is 1.05 bits per heavy atom. The number of carboxylic acid groups (broad SMARTS) is 1. The first-order chi connectivity index (χ1) is 9.74. The van der Waals surface area contributed by atoms with Gasteiger partial charge in [0.2, 0.25) is 0 Å². The van der Waals surface area contributed by atoms with Gasteiger partial charge in [-0.2, -0.15) is 0 Å². The first kappa shape index (κ1) is 15.7. The van der Waals surface area contributed by atoms with Crippen LogP contribution in [0.2, 0.25) is 0 Å². The molecule has 2 saturated heterocycles. The number of aliphatic carboxylic acids is 1. The van der Waals surface area contributed by atoms with Crippen molar-refractivity contribution < 1.29 is 14.6 Å². The summed E-state index contributed by atoms with van der Waals surface area (Å²) in [7, 11) is 0. The van der Waals surface area contributed by atoms with Crippen LogP contribution < -0.4 is 0 Å². The van der Waals surface area contributed by atoms with Crippen molar-refractivity contribution in [2.45, 2.75) is 44.6 Å². The summed E-state index contributed by atoms with van der Waals surface area (Å²) in [4.78, 5) is 15.3. The number of carboxylic acids is 1. The summed E-state index contributed by atoms with van der Waals surface area (Å²) in [6.07, 6.45) is 6.79. The zero-order valence-corrected chi connectivity index (χ0v) is 12.4. The predicted octanol–water partition coefficient (Wildman–Crippen LogP) is 1.43. The zero-order valence-electron chi connectivity index (χ0n) is 12.4. The standard InChI is InChI=1S/C15H28N2O3/c18-15(19)6-10-17-9-4-5-14(13-17)20-12-11-16-7-2-1-3-8-16/h14H,1-13H2,(H,18,19). The lowest BCUT2D eigenvalue weighted by molar-refractivity contribution is -0.137. The molecule has 2 aliphatic rings. The van der Waals surface area contributed by atoms with Crippen LogP contribution in [0.1, 0.15) is 38.5 Å². The monoisotopic (exact) mass is 284 g/mol. The molecule has 0 aromatic carbocycles. The summed E-state index contributed by atoms with van der Waals surface area (Å²) in [5.41, 5.74) is 0. The molecule has 116 valence electrons. The normalized spacial score (nSPS) is 25.7. The van der Waals surface area contributed by atoms with Gasteiger partial charge in [0.15, 0.2) is 0 Å². The fourth-order valence-electron chi connectivity index (χ4n) is 3.14. The van der Waals surface area contributed by atoms with Gasteiger partial charge in [-0.3, -0.25) is 4.79 Å². The molecule has 1 unspecified atom stereocenters. The van der Waals surface area contributed by atoms with E-state index in [0.717, 1.165) is 39.1 Å². The fraction of sp³-hybridized carbons (Fsp3) is 0.933. The Morgan fingerprint density at radius 2 is 1.80 bits per heavy atom. The van der Waals surface area contributed by atoms with Crippen molar-refractivity contribution in [2.24, 2.45) is 0 Å². The molecule has 1 atom stereocenters. The Bertz CT molecular complexity index is 293. The van der Waals surface area contributed by atoms with Crippen LogP contribution in [0, 0.1) is 0 Å². The third-order valence-corrected chi connectivity index (χ3v) is 4.31. The average Bonchev–Trinajstić information content (AvgIpc) is 2.47. The second-order valence-electron chi connectivity index (χ2n) is 5.98. The highest BCUT2D eigenvalue weighted by molar-refractivity contribution is 5.66. The maximum Gasteiger partial charge on any atom is 0.304 e. The van der Waals surface area contributed by atoms with E-state index in [2.05, 4.69) is 9.80 Å². The van der Waals surface area contributed by atoms with E-state index in [1.165, 1.54) is 32.4 Å². The molecule has 0 aliphatic carbocycles. The zero-order chi connectivity index (χ0) is 14.2. The molecule has 0 amide bonds. The lowest BCUT2D eigenvalue weighted by Gasteiger charge is -2.33. The van der Waals surface area contributed by atoms with Crippen LogP contribution in [-0.2, 0) is 9.53 Å². The summed E-state index contributed by atoms with van der Waals surface area (Å²) in [5, 5.41) is 8.73. The molecule has 20 heavy (non-hydrogen) atoms. The summed E-state index contributed by atoms with van der Waals surface area (Å²) < 4.78 is 5.99. The molecule has 0 saturated carbocycles. The van der Waals surface area contributed by atoms with Gasteiger partial charge in [0.1, 0.15) is 0 Å². The van der Waals surface area contributed by atoms with Crippen molar-refractivity contribution in [1.29, 1.82) is 0 Å². The number of carbonyl (C=O) groups is 1. The van der Waals surface area contributed by atoms with E-state index in [-0.39, 0.29) is 6.42 Å². The van der Waals surface area contributed by atoms with Gasteiger partial charge >= 0.3 is 5.97 Å². The smallest absolute Gasteiger partial charge is 0.304 e. The first-order valence-corrected chi connectivity index (χ1v) is 8.02. The third kappa shape index (κ3) is 5.77. The number of nitrogens with zero attached hydrogens (tertiary/aromatic N) is 2. The molecule has 0 aromatic heterocycles. The van der Waals surface area contributed by atoms with Gasteiger partial charge in [-0.05, 0) is 45.3 Å². The Kier molecular flexibility index (Phi) is 6.76. The Hall–Kier alpha value is -0.650. The van der Waals surface area contributed by atoms with Crippen molar-refractivity contribution in [1.82, 2.24) is 9.80 Å². The molecule has 2 aliphatic heterocycles. The molecule has 0 bridgehead atoms. The van der Waals surface area contributed by atoms with Crippen molar-refractivity contribution in [3.05, 3.63) is 0 Å². The van der Waals surface area contributed by atoms with Gasteiger partial charge in [-0.25, -0.2) is 0 Å². The highest BCUT2D eigenvalue weighted by Crippen LogP contribution is 2.14. The summed E-state index contributed by atoms with van der Waals surface area (Å²) in [6, 6.07) is 0. The number of ether oxygens (including phenoxy) is 1. The van der Waals surface area contributed by atoms with Crippen LogP contribution in [0.25, 0.3) is 0 Å². The topological polar surface area (TPSA) is 53.0 Å². The maximum atomic E-state index is 10.6. The molecule has 5 nitrogen and oxygen atoms in total. The van der Waals surface area contributed by atoms with Crippen LogP contribution in [0.15, 0.2) is 0 Å². The Morgan fingerprint density at radius 3 is 2.55 bits per heavy atom. The van der Waals surface area contributed by atoms with Gasteiger partial charge in [0.25, 0.3) is 0 Å². The number of likely N-dealkylation sites (tertiary alicyclic amines) is 2. The van der Waals surface area contributed by atoms with Crippen LogP contribution >= 0.6 is 0 Å². The minimum absolute atomic E-state index is 0.237. The number of hydrogen-bond donors (Lipinski definition) is 1. The average molecular weight is 284 g/mol. The quantitative estimate of drug-likeness (QED) is 0.766. The lowest BCUT2D eigenvalue weighted by atomic mass is 10.1. The minimum atomic E-state index is -0.710. The van der Waals surface area contributed by atoms with Crippen molar-refractivity contribution in [3.8, 4) is 0 Å². The molecule has 2 fully saturated rings. The lowest BCUT2D eigenvalue weighted by Crippen LogP contribution is -2.41. The van der Waals surface area contributed by atoms with Gasteiger partial charge in [-0.15, -0.1) is 0 Å². The van der Waals surface area contributed by atoms with Crippen molar-refractivity contribution >= 4 is 5.97 Å². The Labute approximate surface area is 121 Å². The fourth-order valence-corrected chi connectivity index (χ4v) is 3.14. The molecule has 0 aromatic rings. The second kappa shape index (κ2) is 8.60. The van der Waals surface area contributed by atoms with E-state index in [0.29, 0.717) is 12.6 Å². The highest BCUT2D eigenvalue weighted by atomic mass is 16.5. The van der Waals surface area contributed by atoms with Gasteiger partial charge < -0.3 is 19.6 Å². The van der Waals surface area contributed by atoms with E-state index in [4.69, 9.17) is 9.84 Å². The maximum absolute atomic E-state index is 10.6. The van der Waals surface area contributed by atoms with Gasteiger partial charge in [0, 0.05) is 19.6 Å². The number of piperidine rings is 2. The van der Waals surface area contributed by atoms with E-state index in [9.17, 15) is 4.79 Å². The summed E-state index contributed by atoms with van der Waals surface area (Å²) >= 11 is 0. The SMILES string of the molecule is O=C(O)CCN1CCCC(OCCN2CCCCC2)C1. The second-order valence-corrected chi connectivity index (χ2v) is 5.98. The number of hydrogen-bond acceptors (Lipinski definition) is 4. The van der Waals surface area contributed by atoms with Crippen molar-refractivity contribution in [3.63, 3.8) is 0 Å². The van der Waals surface area contributed by atoms with E-state index in [1.54, 1.807) is 0 Å². The minimum Gasteiger partial charge on any atom is -0.481 e. The summed E-state index contributed by atoms with van der Waals surface area (Å²) in [5.74, 6) is -0.710. The Balaban J connectivity index is 1.58. The predicted molar refractivity (Wildman–Crippen MR) is 78.0 cm³/mol. The first-order valence-electron chi connectivity index (χ1n) is 8.02. The molecule has 5 heteroatoms.